The lowest BCUT2D eigenvalue weighted by atomic mass is 10.1. The van der Waals surface area contributed by atoms with Crippen LogP contribution in [0.4, 0.5) is 0 Å². The third kappa shape index (κ3) is 5.87. The molecular weight excluding hydrogens is 252 g/mol. The Kier molecular flexibility index (Phi) is 7.40. The summed E-state index contributed by atoms with van der Waals surface area (Å²) < 4.78 is 0. The van der Waals surface area contributed by atoms with Gasteiger partial charge in [0.25, 0.3) is 0 Å². The number of likely N-dealkylation sites (N-methyl/N-ethyl adjacent to an activating group) is 1. The quantitative estimate of drug-likeness (QED) is 0.611. The van der Waals surface area contributed by atoms with Gasteiger partial charge < -0.3 is 10.2 Å². The molecule has 0 saturated heterocycles. The Morgan fingerprint density at radius 1 is 1.15 bits per heavy atom. The summed E-state index contributed by atoms with van der Waals surface area (Å²) in [7, 11) is 1.67. The van der Waals surface area contributed by atoms with Gasteiger partial charge in [0.1, 0.15) is 0 Å². The van der Waals surface area contributed by atoms with Gasteiger partial charge in [-0.05, 0) is 24.8 Å². The predicted octanol–water partition coefficient (Wildman–Crippen LogP) is 1.99. The van der Waals surface area contributed by atoms with E-state index >= 15 is 0 Å². The Hall–Kier alpha value is -1.84. The zero-order chi connectivity index (χ0) is 14.8. The zero-order valence-corrected chi connectivity index (χ0v) is 12.4. The molecule has 0 aliphatic carbocycles. The third-order valence-corrected chi connectivity index (χ3v) is 3.16. The first-order valence-corrected chi connectivity index (χ1v) is 7.22. The van der Waals surface area contributed by atoms with Crippen molar-refractivity contribution in [3.05, 3.63) is 35.9 Å². The van der Waals surface area contributed by atoms with Crippen LogP contribution in [0.15, 0.2) is 30.3 Å². The van der Waals surface area contributed by atoms with Crippen LogP contribution in [0.2, 0.25) is 0 Å². The molecule has 110 valence electrons. The number of aryl methyl sites for hydroxylation is 1. The van der Waals surface area contributed by atoms with Gasteiger partial charge in [-0.1, -0.05) is 43.7 Å². The first-order chi connectivity index (χ1) is 9.65. The minimum Gasteiger partial charge on any atom is -0.348 e. The summed E-state index contributed by atoms with van der Waals surface area (Å²) in [4.78, 5) is 24.9. The van der Waals surface area contributed by atoms with Crippen LogP contribution in [0.1, 0.15) is 31.7 Å². The molecular formula is C16H24N2O2. The van der Waals surface area contributed by atoms with E-state index in [1.165, 1.54) is 10.5 Å². The minimum atomic E-state index is -0.503. The number of hydrogen-bond acceptors (Lipinski definition) is 2. The molecule has 0 spiro atoms. The monoisotopic (exact) mass is 276 g/mol. The first kappa shape index (κ1) is 16.2. The van der Waals surface area contributed by atoms with Crippen LogP contribution >= 0.6 is 0 Å². The van der Waals surface area contributed by atoms with Crippen molar-refractivity contribution in [3.63, 3.8) is 0 Å². The van der Waals surface area contributed by atoms with Gasteiger partial charge in [-0.25, -0.2) is 0 Å². The van der Waals surface area contributed by atoms with Crippen molar-refractivity contribution in [2.24, 2.45) is 0 Å². The molecule has 2 amide bonds. The Morgan fingerprint density at radius 2 is 1.85 bits per heavy atom. The topological polar surface area (TPSA) is 49.4 Å². The van der Waals surface area contributed by atoms with E-state index in [1.54, 1.807) is 7.05 Å². The lowest BCUT2D eigenvalue weighted by Crippen LogP contribution is -2.41. The molecule has 4 nitrogen and oxygen atoms in total. The van der Waals surface area contributed by atoms with Crippen molar-refractivity contribution < 1.29 is 9.59 Å². The molecule has 0 bridgehead atoms. The fourth-order valence-corrected chi connectivity index (χ4v) is 1.88. The van der Waals surface area contributed by atoms with E-state index in [0.717, 1.165) is 25.7 Å². The number of carbonyl (C=O) groups excluding carboxylic acids is 2. The van der Waals surface area contributed by atoms with E-state index in [4.69, 9.17) is 0 Å². The normalized spacial score (nSPS) is 10.1. The highest BCUT2D eigenvalue weighted by Crippen LogP contribution is 2.01. The van der Waals surface area contributed by atoms with Gasteiger partial charge in [-0.3, -0.25) is 9.59 Å². The summed E-state index contributed by atoms with van der Waals surface area (Å²) >= 11 is 0. The van der Waals surface area contributed by atoms with Gasteiger partial charge in [0.15, 0.2) is 0 Å². The average Bonchev–Trinajstić information content (AvgIpc) is 2.49. The molecule has 0 atom stereocenters. The highest BCUT2D eigenvalue weighted by molar-refractivity contribution is 6.34. The van der Waals surface area contributed by atoms with Crippen LogP contribution < -0.4 is 5.32 Å². The summed E-state index contributed by atoms with van der Waals surface area (Å²) in [5.74, 6) is -0.949. The fraction of sp³-hybridized carbons (Fsp3) is 0.500. The van der Waals surface area contributed by atoms with Crippen molar-refractivity contribution in [2.45, 2.75) is 32.6 Å². The van der Waals surface area contributed by atoms with Gasteiger partial charge in [0.2, 0.25) is 0 Å². The molecule has 1 aromatic rings. The van der Waals surface area contributed by atoms with E-state index in [1.807, 2.05) is 18.2 Å². The molecule has 0 aliphatic rings. The average molecular weight is 276 g/mol. The second-order valence-electron chi connectivity index (χ2n) is 4.93. The van der Waals surface area contributed by atoms with Crippen LogP contribution in [0, 0.1) is 0 Å². The van der Waals surface area contributed by atoms with E-state index in [2.05, 4.69) is 24.4 Å². The summed E-state index contributed by atoms with van der Waals surface area (Å²) in [6, 6.07) is 10.1. The fourth-order valence-electron chi connectivity index (χ4n) is 1.88. The van der Waals surface area contributed by atoms with E-state index in [0.29, 0.717) is 13.1 Å². The molecule has 1 aromatic carbocycles. The van der Waals surface area contributed by atoms with E-state index < -0.39 is 11.8 Å². The molecule has 0 aliphatic heterocycles. The highest BCUT2D eigenvalue weighted by atomic mass is 16.2. The molecule has 0 saturated carbocycles. The number of unbranched alkanes of at least 4 members (excludes halogenated alkanes) is 1. The van der Waals surface area contributed by atoms with Crippen LogP contribution in [-0.4, -0.2) is 36.9 Å². The molecule has 1 N–H and O–H groups in total. The molecule has 0 unspecified atom stereocenters. The Labute approximate surface area is 121 Å². The van der Waals surface area contributed by atoms with Crippen LogP contribution in [0.3, 0.4) is 0 Å². The maximum atomic E-state index is 11.7. The standard InChI is InChI=1S/C16H24N2O2/c1-3-4-13-18(2)16(20)15(19)17-12-8-11-14-9-6-5-7-10-14/h5-7,9-10H,3-4,8,11-13H2,1-2H3,(H,17,19). The Balaban J connectivity index is 2.21. The summed E-state index contributed by atoms with van der Waals surface area (Å²) in [5.41, 5.74) is 1.24. The van der Waals surface area contributed by atoms with Crippen molar-refractivity contribution in [1.82, 2.24) is 10.2 Å². The minimum absolute atomic E-state index is 0.446. The SMILES string of the molecule is CCCCN(C)C(=O)C(=O)NCCCc1ccccc1. The van der Waals surface area contributed by atoms with Crippen molar-refractivity contribution in [1.29, 1.82) is 0 Å². The van der Waals surface area contributed by atoms with E-state index in [9.17, 15) is 9.59 Å². The lowest BCUT2D eigenvalue weighted by Gasteiger charge is -2.15. The predicted molar refractivity (Wildman–Crippen MR) is 80.3 cm³/mol. The smallest absolute Gasteiger partial charge is 0.311 e. The summed E-state index contributed by atoms with van der Waals surface area (Å²) in [6.07, 6.45) is 3.67. The number of amides is 2. The van der Waals surface area contributed by atoms with Gasteiger partial charge in [-0.2, -0.15) is 0 Å². The number of benzene rings is 1. The number of hydrogen-bond donors (Lipinski definition) is 1. The second kappa shape index (κ2) is 9.13. The molecule has 0 radical (unpaired) electrons. The van der Waals surface area contributed by atoms with Crippen molar-refractivity contribution >= 4 is 11.8 Å². The van der Waals surface area contributed by atoms with Gasteiger partial charge >= 0.3 is 11.8 Å². The van der Waals surface area contributed by atoms with Gasteiger partial charge in [0, 0.05) is 20.1 Å². The van der Waals surface area contributed by atoms with Gasteiger partial charge in [0.05, 0.1) is 0 Å². The largest absolute Gasteiger partial charge is 0.348 e. The third-order valence-electron chi connectivity index (χ3n) is 3.16. The second-order valence-corrected chi connectivity index (χ2v) is 4.93. The molecule has 4 heteroatoms. The van der Waals surface area contributed by atoms with Crippen LogP contribution in [-0.2, 0) is 16.0 Å². The maximum Gasteiger partial charge on any atom is 0.311 e. The van der Waals surface area contributed by atoms with Crippen LogP contribution in [0.25, 0.3) is 0 Å². The molecule has 0 heterocycles. The summed E-state index contributed by atoms with van der Waals surface area (Å²) in [6.45, 7) is 3.22. The zero-order valence-electron chi connectivity index (χ0n) is 12.4. The first-order valence-electron chi connectivity index (χ1n) is 7.22. The van der Waals surface area contributed by atoms with Crippen LogP contribution in [0.5, 0.6) is 0 Å². The molecule has 0 fully saturated rings. The number of nitrogens with one attached hydrogen (secondary N) is 1. The van der Waals surface area contributed by atoms with Crippen molar-refractivity contribution in [3.8, 4) is 0 Å². The van der Waals surface area contributed by atoms with Gasteiger partial charge in [-0.15, -0.1) is 0 Å². The summed E-state index contributed by atoms with van der Waals surface area (Å²) in [5, 5.41) is 2.68. The molecule has 0 aromatic heterocycles. The van der Waals surface area contributed by atoms with E-state index in [-0.39, 0.29) is 0 Å². The number of rotatable bonds is 7. The lowest BCUT2D eigenvalue weighted by molar-refractivity contribution is -0.145. The molecule has 1 rings (SSSR count). The number of nitrogens with zero attached hydrogens (tertiary/aromatic N) is 1. The Morgan fingerprint density at radius 3 is 2.50 bits per heavy atom. The van der Waals surface area contributed by atoms with Crippen molar-refractivity contribution in [2.75, 3.05) is 20.1 Å². The number of carbonyl (C=O) groups is 2. The molecule has 20 heavy (non-hydrogen) atoms. The highest BCUT2D eigenvalue weighted by Gasteiger charge is 2.17. The maximum absolute atomic E-state index is 11.7. The Bertz CT molecular complexity index is 418.